The number of hydrogen-bond acceptors (Lipinski definition) is 5. The number of hydrogen-bond donors (Lipinski definition) is 1. The van der Waals surface area contributed by atoms with Gasteiger partial charge in [-0.3, -0.25) is 0 Å². The zero-order valence-corrected chi connectivity index (χ0v) is 17.1. The Morgan fingerprint density at radius 3 is 2.07 bits per heavy atom. The van der Waals surface area contributed by atoms with Gasteiger partial charge in [-0.1, -0.05) is 6.07 Å². The van der Waals surface area contributed by atoms with Crippen molar-refractivity contribution in [3.63, 3.8) is 0 Å². The first-order valence-corrected chi connectivity index (χ1v) is 9.93. The number of piperazine rings is 1. The monoisotopic (exact) mass is 391 g/mol. The first-order valence-electron chi connectivity index (χ1n) is 9.93. The molecule has 1 aliphatic rings. The summed E-state index contributed by atoms with van der Waals surface area (Å²) in [7, 11) is 0. The summed E-state index contributed by atoms with van der Waals surface area (Å²) in [6.07, 6.45) is 0. The van der Waals surface area contributed by atoms with E-state index in [1.807, 2.05) is 25.1 Å². The maximum absolute atomic E-state index is 13.2. The number of nitrogens with zero attached hydrogens (tertiary/aromatic N) is 4. The number of nitrogens with one attached hydrogen (secondary N) is 1. The van der Waals surface area contributed by atoms with Crippen LogP contribution in [0.3, 0.4) is 0 Å². The molecule has 3 aromatic rings. The lowest BCUT2D eigenvalue weighted by atomic mass is 10.1. The van der Waals surface area contributed by atoms with E-state index in [1.165, 1.54) is 23.3 Å². The lowest BCUT2D eigenvalue weighted by Gasteiger charge is -2.36. The Bertz CT molecular complexity index is 974. The SMILES string of the molecule is Cc1cc(C)cc(Nc2cc(C)nc(N3CCN(c4ccc(F)cc4)CC3)n2)c1. The Balaban J connectivity index is 1.47. The molecule has 0 bridgehead atoms. The van der Waals surface area contributed by atoms with Crippen molar-refractivity contribution < 1.29 is 4.39 Å². The van der Waals surface area contributed by atoms with Gasteiger partial charge in [0.15, 0.2) is 0 Å². The second-order valence-corrected chi connectivity index (χ2v) is 7.65. The van der Waals surface area contributed by atoms with Crippen molar-refractivity contribution in [1.29, 1.82) is 0 Å². The Morgan fingerprint density at radius 1 is 0.793 bits per heavy atom. The Kier molecular flexibility index (Phi) is 5.34. The molecule has 1 N–H and O–H groups in total. The topological polar surface area (TPSA) is 44.3 Å². The van der Waals surface area contributed by atoms with E-state index in [0.29, 0.717) is 0 Å². The molecule has 0 saturated carbocycles. The van der Waals surface area contributed by atoms with Crippen LogP contribution in [-0.2, 0) is 0 Å². The molecule has 1 aromatic heterocycles. The number of benzene rings is 2. The van der Waals surface area contributed by atoms with Crippen molar-refractivity contribution in [3.8, 4) is 0 Å². The summed E-state index contributed by atoms with van der Waals surface area (Å²) < 4.78 is 13.2. The van der Waals surface area contributed by atoms with Gasteiger partial charge in [-0.05, 0) is 68.3 Å². The molecule has 0 aliphatic carbocycles. The van der Waals surface area contributed by atoms with Gasteiger partial charge < -0.3 is 15.1 Å². The Labute approximate surface area is 171 Å². The highest BCUT2D eigenvalue weighted by Gasteiger charge is 2.20. The van der Waals surface area contributed by atoms with E-state index in [0.717, 1.165) is 55.0 Å². The third kappa shape index (κ3) is 4.65. The van der Waals surface area contributed by atoms with E-state index in [1.54, 1.807) is 0 Å². The van der Waals surface area contributed by atoms with Gasteiger partial charge in [0, 0.05) is 49.3 Å². The fourth-order valence-electron chi connectivity index (χ4n) is 3.77. The molecule has 5 nitrogen and oxygen atoms in total. The largest absolute Gasteiger partial charge is 0.368 e. The standard InChI is InChI=1S/C23H26FN5/c1-16-12-17(2)14-20(13-16)26-22-15-18(3)25-23(27-22)29-10-8-28(9-11-29)21-6-4-19(24)5-7-21/h4-7,12-15H,8-11H2,1-3H3,(H,25,26,27). The van der Waals surface area contributed by atoms with E-state index >= 15 is 0 Å². The molecular formula is C23H26FN5. The van der Waals surface area contributed by atoms with Gasteiger partial charge in [0.25, 0.3) is 0 Å². The van der Waals surface area contributed by atoms with Crippen LogP contribution < -0.4 is 15.1 Å². The second-order valence-electron chi connectivity index (χ2n) is 7.65. The fraction of sp³-hybridized carbons (Fsp3) is 0.304. The summed E-state index contributed by atoms with van der Waals surface area (Å²) in [4.78, 5) is 13.9. The van der Waals surface area contributed by atoms with Gasteiger partial charge in [0.05, 0.1) is 0 Å². The molecule has 1 saturated heterocycles. The maximum Gasteiger partial charge on any atom is 0.227 e. The minimum Gasteiger partial charge on any atom is -0.368 e. The van der Waals surface area contributed by atoms with Crippen LogP contribution in [0.2, 0.25) is 0 Å². The molecule has 1 fully saturated rings. The summed E-state index contributed by atoms with van der Waals surface area (Å²) >= 11 is 0. The molecular weight excluding hydrogens is 365 g/mol. The lowest BCUT2D eigenvalue weighted by Crippen LogP contribution is -2.47. The molecule has 150 valence electrons. The lowest BCUT2D eigenvalue weighted by molar-refractivity contribution is 0.623. The zero-order chi connectivity index (χ0) is 20.4. The number of anilines is 4. The second kappa shape index (κ2) is 8.07. The molecule has 0 atom stereocenters. The van der Waals surface area contributed by atoms with Crippen molar-refractivity contribution in [1.82, 2.24) is 9.97 Å². The number of rotatable bonds is 4. The molecule has 29 heavy (non-hydrogen) atoms. The average Bonchev–Trinajstić information content (AvgIpc) is 2.67. The molecule has 0 unspecified atom stereocenters. The summed E-state index contributed by atoms with van der Waals surface area (Å²) in [5.74, 6) is 1.35. The van der Waals surface area contributed by atoms with E-state index < -0.39 is 0 Å². The minimum absolute atomic E-state index is 0.204. The number of aryl methyl sites for hydroxylation is 3. The molecule has 4 rings (SSSR count). The third-order valence-electron chi connectivity index (χ3n) is 5.09. The van der Waals surface area contributed by atoms with Crippen molar-refractivity contribution in [3.05, 3.63) is 71.2 Å². The highest BCUT2D eigenvalue weighted by molar-refractivity contribution is 5.60. The molecule has 2 aromatic carbocycles. The van der Waals surface area contributed by atoms with Gasteiger partial charge in [0.2, 0.25) is 5.95 Å². The third-order valence-corrected chi connectivity index (χ3v) is 5.09. The first kappa shape index (κ1) is 19.2. The van der Waals surface area contributed by atoms with E-state index in [-0.39, 0.29) is 5.82 Å². The fourth-order valence-corrected chi connectivity index (χ4v) is 3.77. The molecule has 6 heteroatoms. The highest BCUT2D eigenvalue weighted by atomic mass is 19.1. The Hall–Kier alpha value is -3.15. The maximum atomic E-state index is 13.2. The molecule has 0 amide bonds. The number of aromatic nitrogens is 2. The molecule has 0 radical (unpaired) electrons. The van der Waals surface area contributed by atoms with Gasteiger partial charge >= 0.3 is 0 Å². The van der Waals surface area contributed by atoms with Crippen LogP contribution in [0.5, 0.6) is 0 Å². The molecule has 1 aliphatic heterocycles. The van der Waals surface area contributed by atoms with Crippen LogP contribution in [0.4, 0.5) is 27.5 Å². The predicted molar refractivity (Wildman–Crippen MR) is 117 cm³/mol. The highest BCUT2D eigenvalue weighted by Crippen LogP contribution is 2.23. The van der Waals surface area contributed by atoms with Crippen LogP contribution in [0.25, 0.3) is 0 Å². The van der Waals surface area contributed by atoms with Crippen molar-refractivity contribution in [2.45, 2.75) is 20.8 Å². The van der Waals surface area contributed by atoms with E-state index in [9.17, 15) is 4.39 Å². The predicted octanol–water partition coefficient (Wildman–Crippen LogP) is 4.61. The Morgan fingerprint density at radius 2 is 1.41 bits per heavy atom. The first-order chi connectivity index (χ1) is 14.0. The zero-order valence-electron chi connectivity index (χ0n) is 17.1. The smallest absolute Gasteiger partial charge is 0.227 e. The van der Waals surface area contributed by atoms with Gasteiger partial charge in [-0.15, -0.1) is 0 Å². The van der Waals surface area contributed by atoms with Crippen LogP contribution in [0.1, 0.15) is 16.8 Å². The van der Waals surface area contributed by atoms with Crippen LogP contribution >= 0.6 is 0 Å². The quantitative estimate of drug-likeness (QED) is 0.704. The van der Waals surface area contributed by atoms with Gasteiger partial charge in [-0.2, -0.15) is 4.98 Å². The molecule has 0 spiro atoms. The minimum atomic E-state index is -0.204. The van der Waals surface area contributed by atoms with Gasteiger partial charge in [0.1, 0.15) is 11.6 Å². The summed E-state index contributed by atoms with van der Waals surface area (Å²) in [5.41, 5.74) is 5.45. The number of halogens is 1. The van der Waals surface area contributed by atoms with Crippen LogP contribution in [0, 0.1) is 26.6 Å². The average molecular weight is 391 g/mol. The van der Waals surface area contributed by atoms with Crippen molar-refractivity contribution in [2.24, 2.45) is 0 Å². The van der Waals surface area contributed by atoms with E-state index in [2.05, 4.69) is 52.1 Å². The normalized spacial score (nSPS) is 14.2. The van der Waals surface area contributed by atoms with Gasteiger partial charge in [-0.25, -0.2) is 9.37 Å². The van der Waals surface area contributed by atoms with Crippen molar-refractivity contribution in [2.75, 3.05) is 41.3 Å². The van der Waals surface area contributed by atoms with Crippen molar-refractivity contribution >= 4 is 23.1 Å². The summed E-state index contributed by atoms with van der Waals surface area (Å²) in [6.45, 7) is 9.52. The summed E-state index contributed by atoms with van der Waals surface area (Å²) in [6, 6.07) is 15.0. The van der Waals surface area contributed by atoms with Crippen LogP contribution in [-0.4, -0.2) is 36.1 Å². The molecule has 2 heterocycles. The summed E-state index contributed by atoms with van der Waals surface area (Å²) in [5, 5.41) is 3.42. The van der Waals surface area contributed by atoms with Crippen LogP contribution in [0.15, 0.2) is 48.5 Å². The van der Waals surface area contributed by atoms with E-state index in [4.69, 9.17) is 4.98 Å².